The minimum atomic E-state index is 0.493. The molecule has 0 saturated carbocycles. The molecule has 2 nitrogen and oxygen atoms in total. The van der Waals surface area contributed by atoms with Gasteiger partial charge in [0.1, 0.15) is 18.6 Å². The number of benzene rings is 2. The molecule has 0 unspecified atom stereocenters. The first kappa shape index (κ1) is 13.6. The zero-order valence-corrected chi connectivity index (χ0v) is 12.2. The zero-order valence-electron chi connectivity index (χ0n) is 11.4. The smallest absolute Gasteiger partial charge is 0.150 e. The molecule has 0 N–H and O–H groups in total. The Morgan fingerprint density at radius 2 is 1.86 bits per heavy atom. The standard InChI is InChI=1S/C18H14O2S/c19-12-15-9-16(18-7-4-8-21-18)11-17(10-15)20-13-14-5-2-1-3-6-14/h1-12H,13H2. The van der Waals surface area contributed by atoms with Gasteiger partial charge in [0.15, 0.2) is 0 Å². The molecular weight excluding hydrogens is 280 g/mol. The molecule has 0 saturated heterocycles. The third kappa shape index (κ3) is 3.38. The summed E-state index contributed by atoms with van der Waals surface area (Å²) in [5, 5.41) is 2.02. The molecular formula is C18H14O2S. The molecule has 0 aliphatic rings. The number of ether oxygens (including phenoxy) is 1. The van der Waals surface area contributed by atoms with Gasteiger partial charge in [-0.05, 0) is 40.8 Å². The molecule has 104 valence electrons. The first-order chi connectivity index (χ1) is 10.3. The average molecular weight is 294 g/mol. The van der Waals surface area contributed by atoms with Crippen molar-refractivity contribution in [2.75, 3.05) is 0 Å². The van der Waals surface area contributed by atoms with E-state index in [1.54, 1.807) is 17.4 Å². The minimum Gasteiger partial charge on any atom is -0.489 e. The molecule has 3 aromatic rings. The SMILES string of the molecule is O=Cc1cc(OCc2ccccc2)cc(-c2cccs2)c1. The van der Waals surface area contributed by atoms with Gasteiger partial charge >= 0.3 is 0 Å². The molecule has 0 spiro atoms. The zero-order chi connectivity index (χ0) is 14.5. The van der Waals surface area contributed by atoms with E-state index in [2.05, 4.69) is 0 Å². The van der Waals surface area contributed by atoms with Gasteiger partial charge in [0.25, 0.3) is 0 Å². The molecule has 0 fully saturated rings. The predicted octanol–water partition coefficient (Wildman–Crippen LogP) is 4.81. The van der Waals surface area contributed by atoms with Crippen molar-refractivity contribution < 1.29 is 9.53 Å². The summed E-state index contributed by atoms with van der Waals surface area (Å²) in [6, 6.07) is 19.6. The fourth-order valence-corrected chi connectivity index (χ4v) is 2.81. The van der Waals surface area contributed by atoms with Crippen molar-refractivity contribution in [3.8, 4) is 16.2 Å². The van der Waals surface area contributed by atoms with E-state index < -0.39 is 0 Å². The van der Waals surface area contributed by atoms with Crippen LogP contribution in [0.3, 0.4) is 0 Å². The molecule has 2 aromatic carbocycles. The lowest BCUT2D eigenvalue weighted by atomic mass is 10.1. The van der Waals surface area contributed by atoms with Crippen molar-refractivity contribution in [3.05, 3.63) is 77.2 Å². The maximum absolute atomic E-state index is 11.1. The highest BCUT2D eigenvalue weighted by Gasteiger charge is 2.05. The van der Waals surface area contributed by atoms with Crippen molar-refractivity contribution >= 4 is 17.6 Å². The van der Waals surface area contributed by atoms with E-state index in [1.165, 1.54) is 0 Å². The fraction of sp³-hybridized carbons (Fsp3) is 0.0556. The molecule has 1 aromatic heterocycles. The van der Waals surface area contributed by atoms with Crippen LogP contribution < -0.4 is 4.74 Å². The van der Waals surface area contributed by atoms with Crippen LogP contribution in [0.1, 0.15) is 15.9 Å². The van der Waals surface area contributed by atoms with Crippen LogP contribution in [0.25, 0.3) is 10.4 Å². The highest BCUT2D eigenvalue weighted by molar-refractivity contribution is 7.13. The summed E-state index contributed by atoms with van der Waals surface area (Å²) in [4.78, 5) is 12.2. The third-order valence-electron chi connectivity index (χ3n) is 3.12. The maximum Gasteiger partial charge on any atom is 0.150 e. The Morgan fingerprint density at radius 3 is 2.57 bits per heavy atom. The van der Waals surface area contributed by atoms with Gasteiger partial charge in [-0.1, -0.05) is 36.4 Å². The van der Waals surface area contributed by atoms with E-state index in [4.69, 9.17) is 4.74 Å². The highest BCUT2D eigenvalue weighted by atomic mass is 32.1. The number of rotatable bonds is 5. The Kier molecular flexibility index (Phi) is 4.12. The predicted molar refractivity (Wildman–Crippen MR) is 85.9 cm³/mol. The van der Waals surface area contributed by atoms with Gasteiger partial charge in [0.2, 0.25) is 0 Å². The second kappa shape index (κ2) is 6.37. The number of aldehydes is 1. The Bertz CT molecular complexity index is 718. The quantitative estimate of drug-likeness (QED) is 0.631. The molecule has 3 heteroatoms. The Labute approximate surface area is 127 Å². The number of carbonyl (C=O) groups is 1. The number of carbonyl (C=O) groups excluding carboxylic acids is 1. The topological polar surface area (TPSA) is 26.3 Å². The normalized spacial score (nSPS) is 10.3. The van der Waals surface area contributed by atoms with Crippen LogP contribution in [0, 0.1) is 0 Å². The van der Waals surface area contributed by atoms with Gasteiger partial charge in [0, 0.05) is 10.4 Å². The van der Waals surface area contributed by atoms with Crippen LogP contribution in [0.5, 0.6) is 5.75 Å². The molecule has 3 rings (SSSR count). The Morgan fingerprint density at radius 1 is 1.00 bits per heavy atom. The second-order valence-corrected chi connectivity index (χ2v) is 5.61. The third-order valence-corrected chi connectivity index (χ3v) is 4.04. The van der Waals surface area contributed by atoms with Gasteiger partial charge in [-0.3, -0.25) is 4.79 Å². The molecule has 0 bridgehead atoms. The van der Waals surface area contributed by atoms with E-state index in [0.29, 0.717) is 17.9 Å². The molecule has 0 atom stereocenters. The summed E-state index contributed by atoms with van der Waals surface area (Å²) in [7, 11) is 0. The minimum absolute atomic E-state index is 0.493. The van der Waals surface area contributed by atoms with Crippen LogP contribution in [0.15, 0.2) is 66.0 Å². The van der Waals surface area contributed by atoms with Crippen LogP contribution >= 0.6 is 11.3 Å². The second-order valence-electron chi connectivity index (χ2n) is 4.66. The lowest BCUT2D eigenvalue weighted by Gasteiger charge is -2.09. The van der Waals surface area contributed by atoms with Crippen LogP contribution in [0.4, 0.5) is 0 Å². The summed E-state index contributed by atoms with van der Waals surface area (Å²) >= 11 is 1.65. The van der Waals surface area contributed by atoms with E-state index in [1.807, 2.05) is 60.0 Å². The molecule has 0 aliphatic heterocycles. The van der Waals surface area contributed by atoms with Crippen molar-refractivity contribution in [2.45, 2.75) is 6.61 Å². The summed E-state index contributed by atoms with van der Waals surface area (Å²) < 4.78 is 5.82. The maximum atomic E-state index is 11.1. The number of hydrogen-bond donors (Lipinski definition) is 0. The highest BCUT2D eigenvalue weighted by Crippen LogP contribution is 2.29. The van der Waals surface area contributed by atoms with E-state index >= 15 is 0 Å². The van der Waals surface area contributed by atoms with Crippen LogP contribution in [0.2, 0.25) is 0 Å². The molecule has 0 radical (unpaired) electrons. The number of hydrogen-bond acceptors (Lipinski definition) is 3. The van der Waals surface area contributed by atoms with Crippen molar-refractivity contribution in [3.63, 3.8) is 0 Å². The van der Waals surface area contributed by atoms with Gasteiger partial charge in [-0.25, -0.2) is 0 Å². The average Bonchev–Trinajstić information content (AvgIpc) is 3.08. The Hall–Kier alpha value is -2.39. The number of thiophene rings is 1. The van der Waals surface area contributed by atoms with E-state index in [-0.39, 0.29) is 0 Å². The summed E-state index contributed by atoms with van der Waals surface area (Å²) in [5.41, 5.74) is 2.74. The molecule has 21 heavy (non-hydrogen) atoms. The van der Waals surface area contributed by atoms with Crippen LogP contribution in [-0.4, -0.2) is 6.29 Å². The van der Waals surface area contributed by atoms with Gasteiger partial charge < -0.3 is 4.74 Å². The lowest BCUT2D eigenvalue weighted by molar-refractivity contribution is 0.112. The lowest BCUT2D eigenvalue weighted by Crippen LogP contribution is -1.96. The largest absolute Gasteiger partial charge is 0.489 e. The van der Waals surface area contributed by atoms with E-state index in [9.17, 15) is 4.79 Å². The molecule has 0 amide bonds. The van der Waals surface area contributed by atoms with E-state index in [0.717, 1.165) is 22.3 Å². The van der Waals surface area contributed by atoms with Gasteiger partial charge in [0.05, 0.1) is 0 Å². The first-order valence-electron chi connectivity index (χ1n) is 6.66. The fourth-order valence-electron chi connectivity index (χ4n) is 2.10. The van der Waals surface area contributed by atoms with Crippen LogP contribution in [-0.2, 0) is 6.61 Å². The van der Waals surface area contributed by atoms with Gasteiger partial charge in [-0.2, -0.15) is 0 Å². The van der Waals surface area contributed by atoms with Crippen molar-refractivity contribution in [1.29, 1.82) is 0 Å². The van der Waals surface area contributed by atoms with Crippen molar-refractivity contribution in [1.82, 2.24) is 0 Å². The van der Waals surface area contributed by atoms with Crippen molar-refractivity contribution in [2.24, 2.45) is 0 Å². The van der Waals surface area contributed by atoms with Gasteiger partial charge in [-0.15, -0.1) is 11.3 Å². The monoisotopic (exact) mass is 294 g/mol. The molecule has 1 heterocycles. The summed E-state index contributed by atoms with van der Waals surface area (Å²) in [6.07, 6.45) is 0.854. The molecule has 0 aliphatic carbocycles. The Balaban J connectivity index is 1.84. The summed E-state index contributed by atoms with van der Waals surface area (Å²) in [5.74, 6) is 0.715. The first-order valence-corrected chi connectivity index (χ1v) is 7.54. The summed E-state index contributed by atoms with van der Waals surface area (Å²) in [6.45, 7) is 0.493.